The molecule has 0 unspecified atom stereocenters. The minimum Gasteiger partial charge on any atom is -0.508 e. The van der Waals surface area contributed by atoms with Crippen LogP contribution in [0, 0.1) is 17.7 Å². The van der Waals surface area contributed by atoms with Crippen molar-refractivity contribution in [2.24, 2.45) is 17.6 Å². The normalized spacial score (nSPS) is 28.6. The number of rotatable bonds is 3. The van der Waals surface area contributed by atoms with Gasteiger partial charge in [0.25, 0.3) is 5.91 Å². The Balaban J connectivity index is 1.99. The summed E-state index contributed by atoms with van der Waals surface area (Å²) in [5.41, 5.74) is 1.15. The highest BCUT2D eigenvalue weighted by molar-refractivity contribution is 6.24. The average Bonchev–Trinajstić information content (AvgIpc) is 2.72. The van der Waals surface area contributed by atoms with Crippen molar-refractivity contribution in [1.29, 1.82) is 0 Å². The van der Waals surface area contributed by atoms with Crippen molar-refractivity contribution in [3.05, 3.63) is 39.9 Å². The maximum atomic E-state index is 15.3. The monoisotopic (exact) mass is 475 g/mol. The Morgan fingerprint density at radius 2 is 1.79 bits per heavy atom. The van der Waals surface area contributed by atoms with Gasteiger partial charge in [0.1, 0.15) is 22.8 Å². The van der Waals surface area contributed by atoms with Crippen molar-refractivity contribution in [1.82, 2.24) is 4.90 Å². The zero-order chi connectivity index (χ0) is 25.4. The Labute approximate surface area is 194 Å². The number of likely N-dealkylation sites (N-methyl/N-ethyl adjacent to an activating group) is 1. The molecular formula is C23H26FN3O7. The first kappa shape index (κ1) is 23.7. The quantitative estimate of drug-likeness (QED) is 0.383. The fourth-order valence-corrected chi connectivity index (χ4v) is 5.60. The van der Waals surface area contributed by atoms with E-state index in [1.165, 1.54) is 23.9 Å². The molecule has 1 saturated carbocycles. The number of carbonyl (C=O) groups excluding carboxylic acids is 3. The topological polar surface area (TPSA) is 165 Å². The van der Waals surface area contributed by atoms with Gasteiger partial charge in [0.2, 0.25) is 5.78 Å². The number of phenolic OH excluding ortho intramolecular Hbond substituents is 1. The molecule has 0 spiro atoms. The average molecular weight is 475 g/mol. The van der Waals surface area contributed by atoms with Crippen molar-refractivity contribution < 1.29 is 39.2 Å². The zero-order valence-electron chi connectivity index (χ0n) is 19.1. The van der Waals surface area contributed by atoms with Crippen molar-refractivity contribution >= 4 is 28.9 Å². The van der Waals surface area contributed by atoms with E-state index in [4.69, 9.17) is 5.73 Å². The third-order valence-electron chi connectivity index (χ3n) is 7.12. The van der Waals surface area contributed by atoms with Crippen LogP contribution in [0.15, 0.2) is 23.0 Å². The summed E-state index contributed by atoms with van der Waals surface area (Å²) in [5.74, 6) is -8.35. The molecule has 182 valence electrons. The van der Waals surface area contributed by atoms with Gasteiger partial charge in [0, 0.05) is 37.2 Å². The molecule has 1 fully saturated rings. The molecule has 0 radical (unpaired) electrons. The predicted molar refractivity (Wildman–Crippen MR) is 119 cm³/mol. The second-order valence-corrected chi connectivity index (χ2v) is 9.44. The van der Waals surface area contributed by atoms with Gasteiger partial charge >= 0.3 is 0 Å². The van der Waals surface area contributed by atoms with E-state index in [0.717, 1.165) is 6.07 Å². The number of primary amides is 1. The Kier molecular flexibility index (Phi) is 5.26. The number of nitrogens with two attached hydrogens (primary N) is 1. The van der Waals surface area contributed by atoms with Crippen LogP contribution >= 0.6 is 0 Å². The lowest BCUT2D eigenvalue weighted by Crippen LogP contribution is -2.65. The molecule has 6 N–H and O–H groups in total. The van der Waals surface area contributed by atoms with Gasteiger partial charge in [-0.2, -0.15) is 0 Å². The molecule has 1 amide bonds. The van der Waals surface area contributed by atoms with Gasteiger partial charge in [-0.05, 0) is 32.9 Å². The van der Waals surface area contributed by atoms with Crippen LogP contribution in [-0.2, 0) is 20.8 Å². The number of aromatic hydroxyl groups is 1. The maximum Gasteiger partial charge on any atom is 0.255 e. The SMILES string of the molecule is CN(C)c1cc(O)c2c(c1F)C[C@H]1C[C@H]3[C@H](N(C)C)C(=O)C(C(N)=O)=C(O)[C@@]3(O)C(=O)C1=C2O. The molecule has 4 atom stereocenters. The first-order valence-electron chi connectivity index (χ1n) is 10.6. The number of carbonyl (C=O) groups is 3. The Bertz CT molecular complexity index is 1220. The summed E-state index contributed by atoms with van der Waals surface area (Å²) in [6.07, 6.45) is -0.201. The predicted octanol–water partition coefficient (Wildman–Crippen LogP) is 0.169. The lowest BCUT2D eigenvalue weighted by atomic mass is 9.57. The maximum absolute atomic E-state index is 15.3. The number of phenols is 1. The van der Waals surface area contributed by atoms with E-state index in [2.05, 4.69) is 0 Å². The first-order valence-corrected chi connectivity index (χ1v) is 10.6. The van der Waals surface area contributed by atoms with Gasteiger partial charge in [0.15, 0.2) is 17.2 Å². The lowest BCUT2D eigenvalue weighted by Gasteiger charge is -2.50. The number of halogens is 1. The van der Waals surface area contributed by atoms with E-state index in [1.807, 2.05) is 0 Å². The number of anilines is 1. The van der Waals surface area contributed by atoms with Gasteiger partial charge in [-0.1, -0.05) is 0 Å². The highest BCUT2D eigenvalue weighted by Crippen LogP contribution is 2.53. The summed E-state index contributed by atoms with van der Waals surface area (Å²) in [6.45, 7) is 0. The van der Waals surface area contributed by atoms with Crippen LogP contribution in [-0.4, -0.2) is 82.6 Å². The summed E-state index contributed by atoms with van der Waals surface area (Å²) in [6, 6.07) is -0.0798. The first-order chi connectivity index (χ1) is 15.7. The molecule has 1 aromatic carbocycles. The molecule has 1 aromatic rings. The molecule has 34 heavy (non-hydrogen) atoms. The minimum atomic E-state index is -2.72. The summed E-state index contributed by atoms with van der Waals surface area (Å²) in [7, 11) is 6.18. The molecule has 10 nitrogen and oxygen atoms in total. The van der Waals surface area contributed by atoms with Crippen LogP contribution < -0.4 is 10.6 Å². The van der Waals surface area contributed by atoms with Gasteiger partial charge in [-0.15, -0.1) is 0 Å². The molecule has 0 aromatic heterocycles. The summed E-state index contributed by atoms with van der Waals surface area (Å²) < 4.78 is 15.3. The molecule has 0 heterocycles. The van der Waals surface area contributed by atoms with Crippen molar-refractivity contribution in [3.63, 3.8) is 0 Å². The molecule has 0 bridgehead atoms. The van der Waals surface area contributed by atoms with E-state index >= 15 is 4.39 Å². The fraction of sp³-hybridized carbons (Fsp3) is 0.435. The van der Waals surface area contributed by atoms with Crippen molar-refractivity contribution in [3.8, 4) is 5.75 Å². The second-order valence-electron chi connectivity index (χ2n) is 9.44. The summed E-state index contributed by atoms with van der Waals surface area (Å²) in [5, 5.41) is 43.8. The van der Waals surface area contributed by atoms with Crippen molar-refractivity contribution in [2.75, 3.05) is 33.1 Å². The zero-order valence-corrected chi connectivity index (χ0v) is 19.1. The van der Waals surface area contributed by atoms with Crippen molar-refractivity contribution in [2.45, 2.75) is 24.5 Å². The van der Waals surface area contributed by atoms with E-state index in [-0.39, 0.29) is 35.2 Å². The molecule has 4 rings (SSSR count). The van der Waals surface area contributed by atoms with E-state index in [0.29, 0.717) is 0 Å². The molecule has 0 aliphatic heterocycles. The number of hydrogen-bond acceptors (Lipinski definition) is 9. The highest BCUT2D eigenvalue weighted by Gasteiger charge is 2.64. The summed E-state index contributed by atoms with van der Waals surface area (Å²) >= 11 is 0. The third-order valence-corrected chi connectivity index (χ3v) is 7.12. The number of aliphatic hydroxyl groups excluding tert-OH is 2. The number of aliphatic hydroxyl groups is 3. The van der Waals surface area contributed by atoms with Crippen LogP contribution in [0.3, 0.4) is 0 Å². The smallest absolute Gasteiger partial charge is 0.255 e. The number of nitrogens with zero attached hydrogens (tertiary/aromatic N) is 2. The molecule has 11 heteroatoms. The molecule has 0 saturated heterocycles. The standard InChI is InChI=1S/C23H26FN3O7/c1-26(2)11-7-12(28)14-9(16(11)24)5-8-6-10-17(27(3)4)19(30)15(22(25)33)21(32)23(10,34)20(31)13(8)18(14)29/h7-8,10,17,28-29,32,34H,5-6H2,1-4H3,(H2,25,33)/t8-,10-,17-,23-/m0/s1. The van der Waals surface area contributed by atoms with E-state index in [9.17, 15) is 34.8 Å². The van der Waals surface area contributed by atoms with Gasteiger partial charge < -0.3 is 31.1 Å². The number of benzene rings is 1. The third kappa shape index (κ3) is 2.90. The number of fused-ring (bicyclic) bond motifs is 3. The molecule has 3 aliphatic rings. The van der Waals surface area contributed by atoms with Gasteiger partial charge in [-0.25, -0.2) is 4.39 Å². The van der Waals surface area contributed by atoms with E-state index < -0.39 is 69.6 Å². The Hall–Kier alpha value is -3.44. The molecule has 3 aliphatic carbocycles. The van der Waals surface area contributed by atoms with Crippen LogP contribution in [0.25, 0.3) is 5.76 Å². The number of ketones is 2. The Morgan fingerprint density at radius 1 is 1.18 bits per heavy atom. The fourth-order valence-electron chi connectivity index (χ4n) is 5.60. The summed E-state index contributed by atoms with van der Waals surface area (Å²) in [4.78, 5) is 41.5. The molecular weight excluding hydrogens is 449 g/mol. The number of Topliss-reactive ketones (excluding diaryl/α,β-unsaturated/α-hetero) is 2. The van der Waals surface area contributed by atoms with Crippen LogP contribution in [0.4, 0.5) is 10.1 Å². The number of hydrogen-bond donors (Lipinski definition) is 5. The largest absolute Gasteiger partial charge is 0.508 e. The van der Waals surface area contributed by atoms with Crippen LogP contribution in [0.2, 0.25) is 0 Å². The second kappa shape index (κ2) is 7.54. The van der Waals surface area contributed by atoms with Crippen LogP contribution in [0.1, 0.15) is 17.5 Å². The van der Waals surface area contributed by atoms with E-state index in [1.54, 1.807) is 14.1 Å². The van der Waals surface area contributed by atoms with Crippen LogP contribution in [0.5, 0.6) is 5.75 Å². The minimum absolute atomic E-state index is 0.00526. The number of amides is 1. The van der Waals surface area contributed by atoms with Gasteiger partial charge in [-0.3, -0.25) is 19.3 Å². The highest BCUT2D eigenvalue weighted by atomic mass is 19.1. The van der Waals surface area contributed by atoms with Gasteiger partial charge in [0.05, 0.1) is 17.3 Å². The Morgan fingerprint density at radius 3 is 2.32 bits per heavy atom. The lowest BCUT2D eigenvalue weighted by molar-refractivity contribution is -0.153.